The zero-order chi connectivity index (χ0) is 13.5. The number of hydrogen-bond acceptors (Lipinski definition) is 2. The highest BCUT2D eigenvalue weighted by molar-refractivity contribution is 5.85. The normalized spacial score (nSPS) is 13.3. The molecule has 1 amide bonds. The molecule has 0 radical (unpaired) electrons. The lowest BCUT2D eigenvalue weighted by molar-refractivity contribution is -0.122. The van der Waals surface area contributed by atoms with E-state index in [1.54, 1.807) is 0 Å². The van der Waals surface area contributed by atoms with Gasteiger partial charge in [0.05, 0.1) is 5.92 Å². The standard InChI is InChI=1S/C15H24N2O.ClH/c1-5-13-6-8-14(9-7-13)12(3)15(18)17-10-11(2)16-4;/h6-9,11-12,16H,5,10H2,1-4H3,(H,17,18);1H. The first-order chi connectivity index (χ1) is 8.58. The molecule has 2 unspecified atom stereocenters. The van der Waals surface area contributed by atoms with Gasteiger partial charge in [-0.15, -0.1) is 12.4 Å². The summed E-state index contributed by atoms with van der Waals surface area (Å²) in [4.78, 5) is 12.0. The molecular weight excluding hydrogens is 260 g/mol. The molecule has 0 bridgehead atoms. The number of likely N-dealkylation sites (N-methyl/N-ethyl adjacent to an activating group) is 1. The zero-order valence-electron chi connectivity index (χ0n) is 12.2. The van der Waals surface area contributed by atoms with E-state index in [4.69, 9.17) is 0 Å². The summed E-state index contributed by atoms with van der Waals surface area (Å²) in [5.74, 6) is -0.0127. The fraction of sp³-hybridized carbons (Fsp3) is 0.533. The fourth-order valence-corrected chi connectivity index (χ4v) is 1.70. The van der Waals surface area contributed by atoms with Crippen molar-refractivity contribution in [2.45, 2.75) is 39.2 Å². The maximum Gasteiger partial charge on any atom is 0.227 e. The third-order valence-corrected chi connectivity index (χ3v) is 3.36. The number of amides is 1. The molecule has 4 heteroatoms. The molecule has 0 aromatic heterocycles. The first-order valence-electron chi connectivity index (χ1n) is 6.62. The van der Waals surface area contributed by atoms with Gasteiger partial charge < -0.3 is 10.6 Å². The molecule has 0 aliphatic heterocycles. The van der Waals surface area contributed by atoms with Crippen LogP contribution in [-0.4, -0.2) is 25.5 Å². The predicted octanol–water partition coefficient (Wildman–Crippen LogP) is 2.50. The number of hydrogen-bond donors (Lipinski definition) is 2. The Labute approximate surface area is 122 Å². The number of carbonyl (C=O) groups is 1. The zero-order valence-corrected chi connectivity index (χ0v) is 13.0. The van der Waals surface area contributed by atoms with E-state index < -0.39 is 0 Å². The highest BCUT2D eigenvalue weighted by Gasteiger charge is 2.15. The third-order valence-electron chi connectivity index (χ3n) is 3.36. The highest BCUT2D eigenvalue weighted by Crippen LogP contribution is 2.16. The Morgan fingerprint density at radius 3 is 2.26 bits per heavy atom. The van der Waals surface area contributed by atoms with Gasteiger partial charge >= 0.3 is 0 Å². The Bertz CT molecular complexity index is 378. The van der Waals surface area contributed by atoms with E-state index in [-0.39, 0.29) is 24.2 Å². The summed E-state index contributed by atoms with van der Waals surface area (Å²) in [6.07, 6.45) is 1.03. The molecule has 19 heavy (non-hydrogen) atoms. The van der Waals surface area contributed by atoms with Gasteiger partial charge in [0.15, 0.2) is 0 Å². The minimum Gasteiger partial charge on any atom is -0.354 e. The van der Waals surface area contributed by atoms with Gasteiger partial charge in [0.2, 0.25) is 5.91 Å². The Kier molecular flexibility index (Phi) is 8.44. The van der Waals surface area contributed by atoms with E-state index in [0.717, 1.165) is 12.0 Å². The van der Waals surface area contributed by atoms with Crippen LogP contribution < -0.4 is 10.6 Å². The lowest BCUT2D eigenvalue weighted by atomic mass is 9.98. The summed E-state index contributed by atoms with van der Waals surface area (Å²) >= 11 is 0. The van der Waals surface area contributed by atoms with E-state index >= 15 is 0 Å². The second kappa shape index (κ2) is 8.94. The van der Waals surface area contributed by atoms with Crippen LogP contribution in [0, 0.1) is 0 Å². The monoisotopic (exact) mass is 284 g/mol. The fourth-order valence-electron chi connectivity index (χ4n) is 1.70. The van der Waals surface area contributed by atoms with E-state index in [2.05, 4.69) is 29.7 Å². The van der Waals surface area contributed by atoms with Gasteiger partial charge in [-0.25, -0.2) is 0 Å². The average Bonchev–Trinajstić information content (AvgIpc) is 2.43. The van der Waals surface area contributed by atoms with Crippen molar-refractivity contribution in [3.05, 3.63) is 35.4 Å². The molecule has 1 aromatic carbocycles. The van der Waals surface area contributed by atoms with Crippen LogP contribution in [-0.2, 0) is 11.2 Å². The van der Waals surface area contributed by atoms with Crippen LogP contribution in [0.3, 0.4) is 0 Å². The summed E-state index contributed by atoms with van der Waals surface area (Å²) < 4.78 is 0. The minimum atomic E-state index is -0.0973. The molecular formula is C15H25ClN2O. The predicted molar refractivity (Wildman–Crippen MR) is 83.0 cm³/mol. The molecule has 0 aliphatic carbocycles. The van der Waals surface area contributed by atoms with Gasteiger partial charge in [-0.3, -0.25) is 4.79 Å². The van der Waals surface area contributed by atoms with Gasteiger partial charge in [0, 0.05) is 12.6 Å². The van der Waals surface area contributed by atoms with Crippen molar-refractivity contribution < 1.29 is 4.79 Å². The topological polar surface area (TPSA) is 41.1 Å². The Morgan fingerprint density at radius 2 is 1.79 bits per heavy atom. The first-order valence-corrected chi connectivity index (χ1v) is 6.62. The molecule has 3 nitrogen and oxygen atoms in total. The number of benzene rings is 1. The van der Waals surface area contributed by atoms with Crippen LogP contribution in [0.25, 0.3) is 0 Å². The van der Waals surface area contributed by atoms with Crippen LogP contribution >= 0.6 is 12.4 Å². The average molecular weight is 285 g/mol. The molecule has 0 aliphatic rings. The molecule has 0 saturated carbocycles. The molecule has 1 aromatic rings. The number of nitrogens with one attached hydrogen (secondary N) is 2. The van der Waals surface area contributed by atoms with E-state index in [1.165, 1.54) is 5.56 Å². The van der Waals surface area contributed by atoms with Crippen LogP contribution in [0.1, 0.15) is 37.8 Å². The molecule has 0 spiro atoms. The second-order valence-corrected chi connectivity index (χ2v) is 4.75. The van der Waals surface area contributed by atoms with Crippen molar-refractivity contribution in [1.82, 2.24) is 10.6 Å². The lowest BCUT2D eigenvalue weighted by Gasteiger charge is -2.16. The molecule has 0 heterocycles. The van der Waals surface area contributed by atoms with Gasteiger partial charge in [-0.05, 0) is 38.4 Å². The maximum atomic E-state index is 12.0. The molecule has 0 saturated heterocycles. The number of rotatable bonds is 6. The quantitative estimate of drug-likeness (QED) is 0.843. The Balaban J connectivity index is 0.00000324. The third kappa shape index (κ3) is 5.62. The van der Waals surface area contributed by atoms with Gasteiger partial charge in [-0.1, -0.05) is 31.2 Å². The number of halogens is 1. The molecule has 1 rings (SSSR count). The lowest BCUT2D eigenvalue weighted by Crippen LogP contribution is -2.38. The van der Waals surface area contributed by atoms with Crippen molar-refractivity contribution in [3.8, 4) is 0 Å². The second-order valence-electron chi connectivity index (χ2n) is 4.75. The molecule has 2 N–H and O–H groups in total. The summed E-state index contributed by atoms with van der Waals surface area (Å²) in [5.41, 5.74) is 2.37. The maximum absolute atomic E-state index is 12.0. The van der Waals surface area contributed by atoms with E-state index in [0.29, 0.717) is 12.6 Å². The van der Waals surface area contributed by atoms with Crippen molar-refractivity contribution >= 4 is 18.3 Å². The van der Waals surface area contributed by atoms with Crippen molar-refractivity contribution in [2.75, 3.05) is 13.6 Å². The van der Waals surface area contributed by atoms with E-state index in [9.17, 15) is 4.79 Å². The molecule has 2 atom stereocenters. The summed E-state index contributed by atoms with van der Waals surface area (Å²) in [6, 6.07) is 8.57. The Hall–Kier alpha value is -1.06. The highest BCUT2D eigenvalue weighted by atomic mass is 35.5. The van der Waals surface area contributed by atoms with Crippen molar-refractivity contribution in [3.63, 3.8) is 0 Å². The van der Waals surface area contributed by atoms with Crippen molar-refractivity contribution in [1.29, 1.82) is 0 Å². The number of carbonyl (C=O) groups excluding carboxylic acids is 1. The van der Waals surface area contributed by atoms with Crippen LogP contribution in [0.15, 0.2) is 24.3 Å². The van der Waals surface area contributed by atoms with Gasteiger partial charge in [0.1, 0.15) is 0 Å². The van der Waals surface area contributed by atoms with Crippen LogP contribution in [0.4, 0.5) is 0 Å². The van der Waals surface area contributed by atoms with Crippen molar-refractivity contribution in [2.24, 2.45) is 0 Å². The molecule has 108 valence electrons. The summed E-state index contributed by atoms with van der Waals surface area (Å²) in [6.45, 7) is 6.78. The smallest absolute Gasteiger partial charge is 0.227 e. The minimum absolute atomic E-state index is 0. The summed E-state index contributed by atoms with van der Waals surface area (Å²) in [7, 11) is 1.89. The van der Waals surface area contributed by atoms with Gasteiger partial charge in [-0.2, -0.15) is 0 Å². The molecule has 0 fully saturated rings. The first kappa shape index (κ1) is 17.9. The SMILES string of the molecule is CCc1ccc(C(C)C(=O)NCC(C)NC)cc1.Cl. The summed E-state index contributed by atoms with van der Waals surface area (Å²) in [5, 5.41) is 6.06. The van der Waals surface area contributed by atoms with Gasteiger partial charge in [0.25, 0.3) is 0 Å². The number of aryl methyl sites for hydroxylation is 1. The largest absolute Gasteiger partial charge is 0.354 e. The van der Waals surface area contributed by atoms with Crippen LogP contribution in [0.2, 0.25) is 0 Å². The van der Waals surface area contributed by atoms with Crippen LogP contribution in [0.5, 0.6) is 0 Å². The Morgan fingerprint density at radius 1 is 1.21 bits per heavy atom. The van der Waals surface area contributed by atoms with E-state index in [1.807, 2.05) is 33.0 Å².